The first-order valence-electron chi connectivity index (χ1n) is 5.97. The molecule has 0 aromatic carbocycles. The zero-order valence-corrected chi connectivity index (χ0v) is 10.3. The molecule has 0 aliphatic carbocycles. The fourth-order valence-corrected chi connectivity index (χ4v) is 2.43. The van der Waals surface area contributed by atoms with E-state index in [1.54, 1.807) is 6.33 Å². The van der Waals surface area contributed by atoms with Gasteiger partial charge in [0.1, 0.15) is 12.2 Å². The van der Waals surface area contributed by atoms with E-state index in [1.165, 1.54) is 12.8 Å². The summed E-state index contributed by atoms with van der Waals surface area (Å²) < 4.78 is 2.01. The van der Waals surface area contributed by atoms with Gasteiger partial charge in [0, 0.05) is 19.6 Å². The second kappa shape index (κ2) is 4.93. The van der Waals surface area contributed by atoms with Crippen molar-refractivity contribution in [1.82, 2.24) is 25.0 Å². The van der Waals surface area contributed by atoms with Crippen LogP contribution in [0, 0.1) is 0 Å². The van der Waals surface area contributed by atoms with Crippen molar-refractivity contribution in [2.45, 2.75) is 31.8 Å². The van der Waals surface area contributed by atoms with Crippen LogP contribution in [-0.2, 0) is 7.05 Å². The summed E-state index contributed by atoms with van der Waals surface area (Å²) in [5, 5.41) is 11.5. The number of aryl methyl sites for hydroxylation is 1. The summed E-state index contributed by atoms with van der Waals surface area (Å²) in [6.07, 6.45) is 4.30. The Balaban J connectivity index is 2.04. The molecule has 0 radical (unpaired) electrons. The van der Waals surface area contributed by atoms with Crippen LogP contribution in [0.25, 0.3) is 0 Å². The van der Waals surface area contributed by atoms with Gasteiger partial charge in [-0.15, -0.1) is 10.2 Å². The third kappa shape index (κ3) is 2.25. The average Bonchev–Trinajstić information content (AvgIpc) is 2.74. The number of nitrogens with one attached hydrogen (secondary N) is 1. The van der Waals surface area contributed by atoms with Crippen LogP contribution in [0.1, 0.15) is 31.6 Å². The Morgan fingerprint density at radius 1 is 1.56 bits per heavy atom. The molecule has 1 aromatic heterocycles. The Kier molecular flexibility index (Phi) is 3.56. The standard InChI is InChI=1S/C11H21N5/c1-9(11-14-13-8-15(11)3)16-6-4-5-10(7-16)12-2/h8-10,12H,4-7H2,1-3H3. The van der Waals surface area contributed by atoms with E-state index < -0.39 is 0 Å². The van der Waals surface area contributed by atoms with Crippen molar-refractivity contribution in [2.75, 3.05) is 20.1 Å². The number of rotatable bonds is 3. The van der Waals surface area contributed by atoms with E-state index in [4.69, 9.17) is 0 Å². The minimum absolute atomic E-state index is 0.351. The lowest BCUT2D eigenvalue weighted by Gasteiger charge is -2.36. The summed E-state index contributed by atoms with van der Waals surface area (Å²) >= 11 is 0. The Morgan fingerprint density at radius 3 is 3.00 bits per heavy atom. The Morgan fingerprint density at radius 2 is 2.38 bits per heavy atom. The Bertz CT molecular complexity index is 335. The summed E-state index contributed by atoms with van der Waals surface area (Å²) in [6, 6.07) is 0.966. The molecule has 5 heteroatoms. The van der Waals surface area contributed by atoms with Gasteiger partial charge in [-0.2, -0.15) is 0 Å². The van der Waals surface area contributed by atoms with E-state index in [9.17, 15) is 0 Å². The molecule has 0 amide bonds. The molecule has 2 rings (SSSR count). The lowest BCUT2D eigenvalue weighted by atomic mass is 10.0. The third-order valence-corrected chi connectivity index (χ3v) is 3.53. The van der Waals surface area contributed by atoms with Crippen molar-refractivity contribution in [1.29, 1.82) is 0 Å². The summed E-state index contributed by atoms with van der Waals surface area (Å²) in [7, 11) is 4.05. The molecular weight excluding hydrogens is 202 g/mol. The SMILES string of the molecule is CNC1CCCN(C(C)c2nncn2C)C1. The number of likely N-dealkylation sites (tertiary alicyclic amines) is 1. The first-order valence-corrected chi connectivity index (χ1v) is 5.97. The lowest BCUT2D eigenvalue weighted by Crippen LogP contribution is -2.45. The first-order chi connectivity index (χ1) is 7.72. The number of piperidine rings is 1. The quantitative estimate of drug-likeness (QED) is 0.813. The second-order valence-corrected chi connectivity index (χ2v) is 4.60. The average molecular weight is 223 g/mol. The highest BCUT2D eigenvalue weighted by Gasteiger charge is 2.25. The van der Waals surface area contributed by atoms with E-state index in [0.29, 0.717) is 12.1 Å². The van der Waals surface area contributed by atoms with Gasteiger partial charge in [-0.1, -0.05) is 0 Å². The van der Waals surface area contributed by atoms with Crippen molar-refractivity contribution >= 4 is 0 Å². The molecule has 0 saturated carbocycles. The van der Waals surface area contributed by atoms with Gasteiger partial charge < -0.3 is 9.88 Å². The zero-order valence-electron chi connectivity index (χ0n) is 10.3. The number of hydrogen-bond donors (Lipinski definition) is 1. The minimum atomic E-state index is 0.351. The fraction of sp³-hybridized carbons (Fsp3) is 0.818. The monoisotopic (exact) mass is 223 g/mol. The summed E-state index contributed by atoms with van der Waals surface area (Å²) in [5.41, 5.74) is 0. The van der Waals surface area contributed by atoms with Crippen LogP contribution in [0.2, 0.25) is 0 Å². The zero-order chi connectivity index (χ0) is 11.5. The number of nitrogens with zero attached hydrogens (tertiary/aromatic N) is 4. The predicted octanol–water partition coefficient (Wildman–Crippen LogP) is 0.560. The van der Waals surface area contributed by atoms with Gasteiger partial charge in [0.05, 0.1) is 6.04 Å². The maximum Gasteiger partial charge on any atom is 0.149 e. The summed E-state index contributed by atoms with van der Waals surface area (Å²) in [6.45, 7) is 4.47. The number of likely N-dealkylation sites (N-methyl/N-ethyl adjacent to an activating group) is 1. The van der Waals surface area contributed by atoms with Gasteiger partial charge in [-0.25, -0.2) is 0 Å². The maximum atomic E-state index is 4.19. The highest BCUT2D eigenvalue weighted by molar-refractivity contribution is 4.95. The van der Waals surface area contributed by atoms with Crippen LogP contribution in [0.4, 0.5) is 0 Å². The van der Waals surface area contributed by atoms with Gasteiger partial charge in [0.15, 0.2) is 0 Å². The summed E-state index contributed by atoms with van der Waals surface area (Å²) in [4.78, 5) is 2.48. The van der Waals surface area contributed by atoms with Crippen LogP contribution in [0.3, 0.4) is 0 Å². The molecule has 2 heterocycles. The first kappa shape index (κ1) is 11.5. The molecule has 1 aliphatic rings. The molecule has 2 atom stereocenters. The van der Waals surface area contributed by atoms with Gasteiger partial charge in [-0.3, -0.25) is 4.90 Å². The Hall–Kier alpha value is -0.940. The van der Waals surface area contributed by atoms with E-state index in [-0.39, 0.29) is 0 Å². The van der Waals surface area contributed by atoms with Crippen molar-refractivity contribution in [3.05, 3.63) is 12.2 Å². The Labute approximate surface area is 96.8 Å². The molecule has 16 heavy (non-hydrogen) atoms. The third-order valence-electron chi connectivity index (χ3n) is 3.53. The van der Waals surface area contributed by atoms with Crippen LogP contribution in [0.5, 0.6) is 0 Å². The van der Waals surface area contributed by atoms with Gasteiger partial charge in [-0.05, 0) is 33.4 Å². The molecule has 2 unspecified atom stereocenters. The normalized spacial score (nSPS) is 24.6. The van der Waals surface area contributed by atoms with E-state index in [0.717, 1.165) is 18.9 Å². The van der Waals surface area contributed by atoms with Crippen molar-refractivity contribution in [3.8, 4) is 0 Å². The van der Waals surface area contributed by atoms with Crippen LogP contribution in [-0.4, -0.2) is 45.8 Å². The van der Waals surface area contributed by atoms with Crippen molar-refractivity contribution < 1.29 is 0 Å². The van der Waals surface area contributed by atoms with Crippen LogP contribution in [0.15, 0.2) is 6.33 Å². The maximum absolute atomic E-state index is 4.19. The largest absolute Gasteiger partial charge is 0.319 e. The number of aromatic nitrogens is 3. The van der Waals surface area contributed by atoms with Crippen LogP contribution >= 0.6 is 0 Å². The van der Waals surface area contributed by atoms with Crippen molar-refractivity contribution in [3.63, 3.8) is 0 Å². The molecular formula is C11H21N5. The van der Waals surface area contributed by atoms with Crippen molar-refractivity contribution in [2.24, 2.45) is 7.05 Å². The molecule has 0 bridgehead atoms. The van der Waals surface area contributed by atoms with Gasteiger partial charge in [0.25, 0.3) is 0 Å². The summed E-state index contributed by atoms with van der Waals surface area (Å²) in [5.74, 6) is 1.05. The molecule has 90 valence electrons. The lowest BCUT2D eigenvalue weighted by molar-refractivity contribution is 0.142. The predicted molar refractivity (Wildman–Crippen MR) is 63.1 cm³/mol. The molecule has 1 saturated heterocycles. The van der Waals surface area contributed by atoms with E-state index in [1.807, 2.05) is 18.7 Å². The highest BCUT2D eigenvalue weighted by atomic mass is 15.3. The fourth-order valence-electron chi connectivity index (χ4n) is 2.43. The molecule has 5 nitrogen and oxygen atoms in total. The molecule has 1 aliphatic heterocycles. The second-order valence-electron chi connectivity index (χ2n) is 4.60. The molecule has 1 aromatic rings. The molecule has 0 spiro atoms. The molecule has 1 N–H and O–H groups in total. The smallest absolute Gasteiger partial charge is 0.149 e. The van der Waals surface area contributed by atoms with E-state index in [2.05, 4.69) is 27.3 Å². The number of hydrogen-bond acceptors (Lipinski definition) is 4. The molecule has 1 fully saturated rings. The van der Waals surface area contributed by atoms with E-state index >= 15 is 0 Å². The topological polar surface area (TPSA) is 46.0 Å². The minimum Gasteiger partial charge on any atom is -0.319 e. The van der Waals surface area contributed by atoms with Gasteiger partial charge >= 0.3 is 0 Å². The van der Waals surface area contributed by atoms with Crippen LogP contribution < -0.4 is 5.32 Å². The van der Waals surface area contributed by atoms with Gasteiger partial charge in [0.2, 0.25) is 0 Å². The highest BCUT2D eigenvalue weighted by Crippen LogP contribution is 2.22.